The third-order valence-corrected chi connectivity index (χ3v) is 2.53. The Hall–Kier alpha value is -0.520. The second-order valence-corrected chi connectivity index (χ2v) is 3.66. The topological polar surface area (TPSA) is 21.3 Å². The minimum Gasteiger partial charge on any atom is -0.377 e. The van der Waals surface area contributed by atoms with Gasteiger partial charge in [-0.3, -0.25) is 0 Å². The van der Waals surface area contributed by atoms with Crippen molar-refractivity contribution in [2.75, 3.05) is 13.2 Å². The van der Waals surface area contributed by atoms with Crippen molar-refractivity contribution in [3.63, 3.8) is 0 Å². The Kier molecular flexibility index (Phi) is 9.67. The molecule has 0 radical (unpaired) electrons. The van der Waals surface area contributed by atoms with Crippen molar-refractivity contribution in [1.82, 2.24) is 5.32 Å². The van der Waals surface area contributed by atoms with Crippen molar-refractivity contribution in [1.29, 1.82) is 0 Å². The van der Waals surface area contributed by atoms with Gasteiger partial charge in [-0.1, -0.05) is 13.8 Å². The molecular weight excluding hydrogens is 186 g/mol. The van der Waals surface area contributed by atoms with Crippen LogP contribution >= 0.6 is 0 Å². The Morgan fingerprint density at radius 3 is 2.53 bits per heavy atom. The van der Waals surface area contributed by atoms with Crippen LogP contribution in [0.5, 0.6) is 0 Å². The molecule has 0 aliphatic heterocycles. The molecule has 2 atom stereocenters. The Labute approximate surface area is 94.8 Å². The summed E-state index contributed by atoms with van der Waals surface area (Å²) in [5.74, 6) is 2.69. The molecule has 0 saturated carbocycles. The summed E-state index contributed by atoms with van der Waals surface area (Å²) >= 11 is 0. The van der Waals surface area contributed by atoms with E-state index in [-0.39, 0.29) is 0 Å². The minimum absolute atomic E-state index is 0.327. The van der Waals surface area contributed by atoms with Crippen molar-refractivity contribution in [3.8, 4) is 12.3 Å². The highest BCUT2D eigenvalue weighted by molar-refractivity contribution is 4.85. The molecule has 0 amide bonds. The molecule has 0 fully saturated rings. The average Bonchev–Trinajstić information content (AvgIpc) is 2.25. The van der Waals surface area contributed by atoms with Crippen molar-refractivity contribution in [3.05, 3.63) is 0 Å². The predicted octanol–water partition coefficient (Wildman–Crippen LogP) is 2.58. The van der Waals surface area contributed by atoms with Crippen LogP contribution in [0.15, 0.2) is 0 Å². The molecule has 0 aliphatic carbocycles. The first-order valence-electron chi connectivity index (χ1n) is 6.08. The zero-order valence-corrected chi connectivity index (χ0v) is 10.4. The molecule has 0 heterocycles. The Morgan fingerprint density at radius 2 is 2.07 bits per heavy atom. The van der Waals surface area contributed by atoms with Crippen LogP contribution in [0.2, 0.25) is 0 Å². The maximum atomic E-state index is 5.72. The van der Waals surface area contributed by atoms with Gasteiger partial charge in [0.15, 0.2) is 0 Å². The Bertz CT molecular complexity index is 174. The molecule has 0 saturated heterocycles. The summed E-state index contributed by atoms with van der Waals surface area (Å²) in [5, 5.41) is 3.48. The first-order chi connectivity index (χ1) is 7.29. The van der Waals surface area contributed by atoms with E-state index in [0.717, 1.165) is 38.8 Å². The highest BCUT2D eigenvalue weighted by Gasteiger charge is 2.18. The van der Waals surface area contributed by atoms with Gasteiger partial charge in [0, 0.05) is 19.1 Å². The first kappa shape index (κ1) is 14.5. The predicted molar refractivity (Wildman–Crippen MR) is 65.9 cm³/mol. The molecule has 0 aromatic rings. The lowest BCUT2D eigenvalue weighted by Gasteiger charge is -2.26. The number of nitrogens with one attached hydrogen (secondary N) is 1. The Morgan fingerprint density at radius 1 is 1.33 bits per heavy atom. The van der Waals surface area contributed by atoms with Crippen molar-refractivity contribution in [2.45, 2.75) is 58.6 Å². The van der Waals surface area contributed by atoms with E-state index >= 15 is 0 Å². The van der Waals surface area contributed by atoms with Crippen molar-refractivity contribution in [2.24, 2.45) is 0 Å². The largest absolute Gasteiger partial charge is 0.377 e. The van der Waals surface area contributed by atoms with Gasteiger partial charge in [0.25, 0.3) is 0 Å². The van der Waals surface area contributed by atoms with E-state index in [9.17, 15) is 0 Å². The second-order valence-electron chi connectivity index (χ2n) is 3.66. The Balaban J connectivity index is 4.02. The molecule has 0 spiro atoms. The summed E-state index contributed by atoms with van der Waals surface area (Å²) in [6.45, 7) is 8.13. The highest BCUT2D eigenvalue weighted by Crippen LogP contribution is 2.11. The van der Waals surface area contributed by atoms with Gasteiger partial charge in [-0.25, -0.2) is 0 Å². The molecule has 15 heavy (non-hydrogen) atoms. The van der Waals surface area contributed by atoms with Gasteiger partial charge < -0.3 is 10.1 Å². The van der Waals surface area contributed by atoms with Gasteiger partial charge in [-0.2, -0.15) is 0 Å². The quantitative estimate of drug-likeness (QED) is 0.467. The monoisotopic (exact) mass is 211 g/mol. The lowest BCUT2D eigenvalue weighted by Crippen LogP contribution is -2.41. The minimum atomic E-state index is 0.327. The number of ether oxygens (including phenoxy) is 1. The van der Waals surface area contributed by atoms with E-state index in [1.54, 1.807) is 0 Å². The third kappa shape index (κ3) is 6.54. The summed E-state index contributed by atoms with van der Waals surface area (Å²) < 4.78 is 5.72. The molecule has 0 aliphatic rings. The van der Waals surface area contributed by atoms with E-state index in [1.807, 2.05) is 6.92 Å². The molecule has 88 valence electrons. The van der Waals surface area contributed by atoms with Gasteiger partial charge >= 0.3 is 0 Å². The van der Waals surface area contributed by atoms with Crippen molar-refractivity contribution >= 4 is 0 Å². The molecule has 2 heteroatoms. The summed E-state index contributed by atoms with van der Waals surface area (Å²) in [5.41, 5.74) is 0. The van der Waals surface area contributed by atoms with Crippen LogP contribution in [-0.4, -0.2) is 25.3 Å². The van der Waals surface area contributed by atoms with Gasteiger partial charge in [-0.05, 0) is 32.7 Å². The lowest BCUT2D eigenvalue weighted by molar-refractivity contribution is 0.0297. The fraction of sp³-hybridized carbons (Fsp3) is 0.846. The second kappa shape index (κ2) is 10.0. The molecule has 2 nitrogen and oxygen atoms in total. The number of unbranched alkanes of at least 4 members (excludes halogenated alkanes) is 1. The van der Waals surface area contributed by atoms with E-state index in [0.29, 0.717) is 12.1 Å². The zero-order chi connectivity index (χ0) is 11.5. The van der Waals surface area contributed by atoms with Gasteiger partial charge in [0.1, 0.15) is 0 Å². The maximum absolute atomic E-state index is 5.72. The summed E-state index contributed by atoms with van der Waals surface area (Å²) in [4.78, 5) is 0. The van der Waals surface area contributed by atoms with E-state index in [4.69, 9.17) is 11.2 Å². The molecule has 0 aromatic heterocycles. The van der Waals surface area contributed by atoms with Crippen LogP contribution in [0, 0.1) is 12.3 Å². The number of hydrogen-bond donors (Lipinski definition) is 1. The molecule has 0 bridgehead atoms. The normalized spacial score (nSPS) is 14.5. The summed E-state index contributed by atoms with van der Waals surface area (Å²) in [7, 11) is 0. The summed E-state index contributed by atoms with van der Waals surface area (Å²) in [6.07, 6.45) is 9.69. The maximum Gasteiger partial charge on any atom is 0.0725 e. The van der Waals surface area contributed by atoms with Gasteiger partial charge in [0.05, 0.1) is 6.10 Å². The lowest BCUT2D eigenvalue weighted by atomic mass is 10.0. The average molecular weight is 211 g/mol. The molecule has 1 N–H and O–H groups in total. The fourth-order valence-corrected chi connectivity index (χ4v) is 1.84. The standard InChI is InChI=1S/C13H25NO/c1-5-9-10-11-12(14-7-3)13(6-2)15-8-4/h1,12-14H,6-11H2,2-4H3. The highest BCUT2D eigenvalue weighted by atomic mass is 16.5. The van der Waals surface area contributed by atoms with Crippen LogP contribution in [0.3, 0.4) is 0 Å². The molecule has 0 aromatic carbocycles. The molecule has 0 rings (SSSR count). The molecule has 2 unspecified atom stereocenters. The van der Waals surface area contributed by atoms with Crippen LogP contribution in [0.1, 0.15) is 46.5 Å². The number of rotatable bonds is 9. The summed E-state index contributed by atoms with van der Waals surface area (Å²) in [6, 6.07) is 0.452. The third-order valence-electron chi connectivity index (χ3n) is 2.53. The SMILES string of the molecule is C#CCCCC(NCC)C(CC)OCC. The van der Waals surface area contributed by atoms with Crippen LogP contribution < -0.4 is 5.32 Å². The van der Waals surface area contributed by atoms with E-state index < -0.39 is 0 Å². The fourth-order valence-electron chi connectivity index (χ4n) is 1.84. The smallest absolute Gasteiger partial charge is 0.0725 e. The number of terminal acetylenes is 1. The van der Waals surface area contributed by atoms with Crippen LogP contribution in [-0.2, 0) is 4.74 Å². The number of likely N-dealkylation sites (N-methyl/N-ethyl adjacent to an activating group) is 1. The zero-order valence-electron chi connectivity index (χ0n) is 10.4. The van der Waals surface area contributed by atoms with Crippen LogP contribution in [0.4, 0.5) is 0 Å². The van der Waals surface area contributed by atoms with Crippen molar-refractivity contribution < 1.29 is 4.74 Å². The van der Waals surface area contributed by atoms with Crippen LogP contribution in [0.25, 0.3) is 0 Å². The number of hydrogen-bond acceptors (Lipinski definition) is 2. The van der Waals surface area contributed by atoms with E-state index in [1.165, 1.54) is 0 Å². The first-order valence-corrected chi connectivity index (χ1v) is 6.08. The van der Waals surface area contributed by atoms with Gasteiger partial charge in [-0.15, -0.1) is 12.3 Å². The van der Waals surface area contributed by atoms with E-state index in [2.05, 4.69) is 25.1 Å². The molecular formula is C13H25NO. The van der Waals surface area contributed by atoms with Gasteiger partial charge in [0.2, 0.25) is 0 Å².